The lowest BCUT2D eigenvalue weighted by Crippen LogP contribution is -2.27. The maximum absolute atomic E-state index is 12.7. The minimum atomic E-state index is -0.458. The van der Waals surface area contributed by atoms with Crippen LogP contribution in [0.1, 0.15) is 24.1 Å². The van der Waals surface area contributed by atoms with Gasteiger partial charge in [-0.25, -0.2) is 4.98 Å². The van der Waals surface area contributed by atoms with Crippen molar-refractivity contribution in [2.24, 2.45) is 7.05 Å². The molecule has 4 aromatic rings. The molecule has 3 aromatic heterocycles. The summed E-state index contributed by atoms with van der Waals surface area (Å²) in [6.07, 6.45) is 8.71. The van der Waals surface area contributed by atoms with Crippen molar-refractivity contribution >= 4 is 34.6 Å². The molecule has 0 aliphatic carbocycles. The second-order valence-corrected chi connectivity index (χ2v) is 7.62. The van der Waals surface area contributed by atoms with Crippen LogP contribution in [0.5, 0.6) is 0 Å². The van der Waals surface area contributed by atoms with E-state index < -0.39 is 5.91 Å². The van der Waals surface area contributed by atoms with Gasteiger partial charge in [-0.3, -0.25) is 9.48 Å². The van der Waals surface area contributed by atoms with E-state index in [2.05, 4.69) is 20.4 Å². The molecule has 0 aliphatic heterocycles. The zero-order valence-corrected chi connectivity index (χ0v) is 17.7. The molecule has 2 N–H and O–H groups in total. The number of nitrogens with zero attached hydrogens (tertiary/aromatic N) is 4. The van der Waals surface area contributed by atoms with E-state index in [0.29, 0.717) is 16.2 Å². The third kappa shape index (κ3) is 4.34. The van der Waals surface area contributed by atoms with E-state index in [1.54, 1.807) is 41.5 Å². The average Bonchev–Trinajstić information content (AvgIpc) is 3.37. The number of fused-ring (bicyclic) bond motifs is 1. The molecule has 1 atom stereocenters. The van der Waals surface area contributed by atoms with Crippen LogP contribution >= 0.6 is 11.6 Å². The van der Waals surface area contributed by atoms with Gasteiger partial charge in [-0.2, -0.15) is 10.4 Å². The number of aryl methyl sites for hydroxylation is 1. The maximum Gasteiger partial charge on any atom is 0.262 e. The van der Waals surface area contributed by atoms with Crippen molar-refractivity contribution in [2.75, 3.05) is 0 Å². The Morgan fingerprint density at radius 2 is 2.16 bits per heavy atom. The van der Waals surface area contributed by atoms with Crippen molar-refractivity contribution in [1.29, 1.82) is 5.26 Å². The number of pyridine rings is 1. The van der Waals surface area contributed by atoms with Gasteiger partial charge in [0.15, 0.2) is 0 Å². The number of carbonyl (C=O) groups is 1. The topological polar surface area (TPSA) is 99.4 Å². The Hall–Kier alpha value is -3.89. The number of aromatic nitrogens is 4. The van der Waals surface area contributed by atoms with Gasteiger partial charge in [0.1, 0.15) is 17.3 Å². The molecule has 7 nitrogen and oxygen atoms in total. The zero-order chi connectivity index (χ0) is 22.0. The highest BCUT2D eigenvalue weighted by Gasteiger charge is 2.15. The van der Waals surface area contributed by atoms with Crippen molar-refractivity contribution in [1.82, 2.24) is 25.1 Å². The van der Waals surface area contributed by atoms with E-state index in [1.165, 1.54) is 0 Å². The molecule has 0 saturated carbocycles. The van der Waals surface area contributed by atoms with Crippen molar-refractivity contribution in [2.45, 2.75) is 13.0 Å². The molecular formula is C23H19ClN6O. The SMILES string of the molecule is C[C@@H](NC(=O)/C(C#N)=C/c1c[nH]c2ncc(-c3cnn(C)c3)cc12)c1cccc(Cl)c1. The largest absolute Gasteiger partial charge is 0.346 e. The average molecular weight is 431 g/mol. The lowest BCUT2D eigenvalue weighted by atomic mass is 10.1. The molecule has 0 unspecified atom stereocenters. The summed E-state index contributed by atoms with van der Waals surface area (Å²) < 4.78 is 1.72. The van der Waals surface area contributed by atoms with E-state index >= 15 is 0 Å². The molecule has 154 valence electrons. The van der Waals surface area contributed by atoms with Gasteiger partial charge in [-0.15, -0.1) is 0 Å². The third-order valence-electron chi connectivity index (χ3n) is 4.96. The first-order valence-electron chi connectivity index (χ1n) is 9.59. The van der Waals surface area contributed by atoms with Crippen LogP contribution < -0.4 is 5.32 Å². The summed E-state index contributed by atoms with van der Waals surface area (Å²) in [7, 11) is 1.85. The van der Waals surface area contributed by atoms with Crippen molar-refractivity contribution in [3.63, 3.8) is 0 Å². The number of aromatic amines is 1. The predicted octanol–water partition coefficient (Wildman–Crippen LogP) is 4.40. The van der Waals surface area contributed by atoms with Crippen LogP contribution in [0.2, 0.25) is 5.02 Å². The number of benzene rings is 1. The van der Waals surface area contributed by atoms with Crippen LogP contribution in [0, 0.1) is 11.3 Å². The lowest BCUT2D eigenvalue weighted by molar-refractivity contribution is -0.117. The van der Waals surface area contributed by atoms with Crippen molar-refractivity contribution in [3.8, 4) is 17.2 Å². The van der Waals surface area contributed by atoms with Gasteiger partial charge in [0.05, 0.1) is 12.2 Å². The third-order valence-corrected chi connectivity index (χ3v) is 5.20. The molecule has 0 fully saturated rings. The number of halogens is 1. The maximum atomic E-state index is 12.7. The first kappa shape index (κ1) is 20.4. The Kier molecular flexibility index (Phi) is 5.56. The Labute approximate surface area is 184 Å². The summed E-state index contributed by atoms with van der Waals surface area (Å²) in [5.41, 5.74) is 4.06. The predicted molar refractivity (Wildman–Crippen MR) is 120 cm³/mol. The molecule has 0 saturated heterocycles. The normalized spacial score (nSPS) is 12.5. The quantitative estimate of drug-likeness (QED) is 0.362. The summed E-state index contributed by atoms with van der Waals surface area (Å²) in [6, 6.07) is 10.9. The van der Waals surface area contributed by atoms with E-state index in [9.17, 15) is 10.1 Å². The minimum absolute atomic E-state index is 0.00144. The molecule has 8 heteroatoms. The number of rotatable bonds is 5. The van der Waals surface area contributed by atoms with E-state index in [4.69, 9.17) is 11.6 Å². The number of nitriles is 1. The molecule has 4 rings (SSSR count). The highest BCUT2D eigenvalue weighted by molar-refractivity contribution is 6.30. The van der Waals surface area contributed by atoms with Crippen LogP contribution in [-0.2, 0) is 11.8 Å². The van der Waals surface area contributed by atoms with Crippen LogP contribution in [0.25, 0.3) is 28.2 Å². The van der Waals surface area contributed by atoms with Crippen molar-refractivity contribution < 1.29 is 4.79 Å². The first-order valence-corrected chi connectivity index (χ1v) is 9.96. The fourth-order valence-corrected chi connectivity index (χ4v) is 3.51. The number of amides is 1. The number of nitrogens with one attached hydrogen (secondary N) is 2. The molecule has 0 spiro atoms. The highest BCUT2D eigenvalue weighted by atomic mass is 35.5. The number of hydrogen-bond acceptors (Lipinski definition) is 4. The summed E-state index contributed by atoms with van der Waals surface area (Å²) in [5, 5.41) is 18.0. The van der Waals surface area contributed by atoms with Gasteiger partial charge >= 0.3 is 0 Å². The van der Waals surface area contributed by atoms with Gasteiger partial charge in [-0.1, -0.05) is 23.7 Å². The zero-order valence-electron chi connectivity index (χ0n) is 16.9. The molecule has 1 amide bonds. The fourth-order valence-electron chi connectivity index (χ4n) is 3.31. The van der Waals surface area contributed by atoms with E-state index in [-0.39, 0.29) is 11.6 Å². The molecule has 0 radical (unpaired) electrons. The molecule has 0 aliphatic rings. The summed E-state index contributed by atoms with van der Waals surface area (Å²) in [6.45, 7) is 1.84. The molecular weight excluding hydrogens is 412 g/mol. The Bertz CT molecular complexity index is 1340. The van der Waals surface area contributed by atoms with Gasteiger partial charge in [0.2, 0.25) is 0 Å². The Morgan fingerprint density at radius 3 is 2.87 bits per heavy atom. The summed E-state index contributed by atoms with van der Waals surface area (Å²) in [4.78, 5) is 20.2. The Balaban J connectivity index is 1.62. The number of hydrogen-bond donors (Lipinski definition) is 2. The molecule has 0 bridgehead atoms. The highest BCUT2D eigenvalue weighted by Crippen LogP contribution is 2.26. The van der Waals surface area contributed by atoms with Crippen LogP contribution in [0.4, 0.5) is 0 Å². The van der Waals surface area contributed by atoms with Crippen LogP contribution in [-0.4, -0.2) is 25.7 Å². The monoisotopic (exact) mass is 430 g/mol. The summed E-state index contributed by atoms with van der Waals surface area (Å²) >= 11 is 6.03. The Morgan fingerprint density at radius 1 is 1.32 bits per heavy atom. The van der Waals surface area contributed by atoms with Gasteiger partial charge < -0.3 is 10.3 Å². The second-order valence-electron chi connectivity index (χ2n) is 7.19. The number of H-pyrrole nitrogens is 1. The van der Waals surface area contributed by atoms with Crippen LogP contribution in [0.3, 0.4) is 0 Å². The molecule has 31 heavy (non-hydrogen) atoms. The van der Waals surface area contributed by atoms with Gasteiger partial charge in [0, 0.05) is 52.7 Å². The lowest BCUT2D eigenvalue weighted by Gasteiger charge is -2.14. The molecule has 3 heterocycles. The van der Waals surface area contributed by atoms with E-state index in [1.807, 2.05) is 44.4 Å². The van der Waals surface area contributed by atoms with Gasteiger partial charge in [-0.05, 0) is 36.8 Å². The molecule has 1 aromatic carbocycles. The first-order chi connectivity index (χ1) is 14.9. The number of carbonyl (C=O) groups excluding carboxylic acids is 1. The van der Waals surface area contributed by atoms with Gasteiger partial charge in [0.25, 0.3) is 5.91 Å². The minimum Gasteiger partial charge on any atom is -0.346 e. The standard InChI is InChI=1S/C23H19ClN6O/c1-14(15-4-3-5-20(24)7-15)29-23(31)16(9-25)6-18-11-27-22-21(18)8-17(10-26-22)19-12-28-30(2)13-19/h3-8,10-14H,1-2H3,(H,26,27)(H,29,31)/b16-6+/t14-/m1/s1. The smallest absolute Gasteiger partial charge is 0.262 e. The fraction of sp³-hybridized carbons (Fsp3) is 0.130. The van der Waals surface area contributed by atoms with Crippen LogP contribution in [0.15, 0.2) is 60.7 Å². The van der Waals surface area contributed by atoms with Crippen molar-refractivity contribution in [3.05, 3.63) is 76.8 Å². The van der Waals surface area contributed by atoms with E-state index in [0.717, 1.165) is 22.1 Å². The second kappa shape index (κ2) is 8.46. The summed E-state index contributed by atoms with van der Waals surface area (Å²) in [5.74, 6) is -0.458.